The molecule has 0 N–H and O–H groups in total. The van der Waals surface area contributed by atoms with E-state index in [-0.39, 0.29) is 31.3 Å². The molecule has 0 amide bonds. The second kappa shape index (κ2) is 9.91. The van der Waals surface area contributed by atoms with Crippen molar-refractivity contribution in [3.05, 3.63) is 53.6 Å². The van der Waals surface area contributed by atoms with Crippen LogP contribution in [0.3, 0.4) is 0 Å². The van der Waals surface area contributed by atoms with Crippen molar-refractivity contribution in [3.63, 3.8) is 0 Å². The van der Waals surface area contributed by atoms with E-state index in [4.69, 9.17) is 14.2 Å². The SMILES string of the molecule is O=CCOc1cc(F)c(OCCCCOc2ccc(C(F)(F)F)cc2)c(F)c1. The van der Waals surface area contributed by atoms with Gasteiger partial charge in [-0.1, -0.05) is 0 Å². The van der Waals surface area contributed by atoms with Crippen LogP contribution in [0.4, 0.5) is 22.0 Å². The van der Waals surface area contributed by atoms with E-state index in [1.165, 1.54) is 12.1 Å². The average Bonchev–Trinajstić information content (AvgIpc) is 2.64. The minimum atomic E-state index is -4.40. The summed E-state index contributed by atoms with van der Waals surface area (Å²) < 4.78 is 80.2. The van der Waals surface area contributed by atoms with Crippen LogP contribution in [-0.2, 0) is 11.0 Å². The van der Waals surface area contributed by atoms with Crippen molar-refractivity contribution in [1.82, 2.24) is 0 Å². The Labute approximate surface area is 157 Å². The first kappa shape index (κ1) is 21.5. The molecule has 0 saturated carbocycles. The molecule has 152 valence electrons. The highest BCUT2D eigenvalue weighted by atomic mass is 19.4. The second-order valence-corrected chi connectivity index (χ2v) is 5.62. The van der Waals surface area contributed by atoms with Gasteiger partial charge >= 0.3 is 6.18 Å². The lowest BCUT2D eigenvalue weighted by molar-refractivity contribution is -0.137. The van der Waals surface area contributed by atoms with Gasteiger partial charge in [-0.05, 0) is 37.1 Å². The van der Waals surface area contributed by atoms with Gasteiger partial charge in [0.2, 0.25) is 0 Å². The fourth-order valence-corrected chi connectivity index (χ4v) is 2.20. The van der Waals surface area contributed by atoms with Crippen molar-refractivity contribution in [2.24, 2.45) is 0 Å². The van der Waals surface area contributed by atoms with Gasteiger partial charge in [0.25, 0.3) is 0 Å². The first-order valence-corrected chi connectivity index (χ1v) is 8.29. The van der Waals surface area contributed by atoms with E-state index in [0.29, 0.717) is 19.1 Å². The molecule has 4 nitrogen and oxygen atoms in total. The van der Waals surface area contributed by atoms with Gasteiger partial charge < -0.3 is 14.2 Å². The van der Waals surface area contributed by atoms with Gasteiger partial charge in [0.15, 0.2) is 23.7 Å². The Bertz CT molecular complexity index is 752. The van der Waals surface area contributed by atoms with Gasteiger partial charge in [0.1, 0.15) is 18.1 Å². The summed E-state index contributed by atoms with van der Waals surface area (Å²) >= 11 is 0. The summed E-state index contributed by atoms with van der Waals surface area (Å²) in [6.45, 7) is -0.102. The van der Waals surface area contributed by atoms with Crippen molar-refractivity contribution < 1.29 is 41.0 Å². The highest BCUT2D eigenvalue weighted by Crippen LogP contribution is 2.30. The number of ether oxygens (including phenoxy) is 3. The van der Waals surface area contributed by atoms with E-state index < -0.39 is 29.1 Å². The maximum Gasteiger partial charge on any atom is 0.416 e. The quantitative estimate of drug-likeness (QED) is 0.324. The fourth-order valence-electron chi connectivity index (χ4n) is 2.20. The molecule has 28 heavy (non-hydrogen) atoms. The van der Waals surface area contributed by atoms with Crippen molar-refractivity contribution >= 4 is 6.29 Å². The van der Waals surface area contributed by atoms with Crippen LogP contribution in [0.2, 0.25) is 0 Å². The number of hydrogen-bond donors (Lipinski definition) is 0. The van der Waals surface area contributed by atoms with Gasteiger partial charge in [0.05, 0.1) is 18.8 Å². The lowest BCUT2D eigenvalue weighted by atomic mass is 10.2. The molecule has 0 unspecified atom stereocenters. The number of hydrogen-bond acceptors (Lipinski definition) is 4. The van der Waals surface area contributed by atoms with Gasteiger partial charge in [0, 0.05) is 12.1 Å². The molecule has 2 aromatic carbocycles. The fraction of sp³-hybridized carbons (Fsp3) is 0.316. The van der Waals surface area contributed by atoms with Crippen molar-refractivity contribution in [2.45, 2.75) is 19.0 Å². The maximum absolute atomic E-state index is 13.8. The van der Waals surface area contributed by atoms with Crippen LogP contribution in [-0.4, -0.2) is 26.1 Å². The number of carbonyl (C=O) groups is 1. The molecular formula is C19H17F5O4. The highest BCUT2D eigenvalue weighted by molar-refractivity contribution is 5.51. The molecule has 0 heterocycles. The lowest BCUT2D eigenvalue weighted by Crippen LogP contribution is -2.06. The average molecular weight is 404 g/mol. The van der Waals surface area contributed by atoms with Gasteiger partial charge in [-0.3, -0.25) is 4.79 Å². The molecule has 2 aromatic rings. The van der Waals surface area contributed by atoms with Crippen molar-refractivity contribution in [3.8, 4) is 17.2 Å². The molecule has 0 aromatic heterocycles. The number of carbonyl (C=O) groups excluding carboxylic acids is 1. The molecule has 0 atom stereocenters. The summed E-state index contributed by atoms with van der Waals surface area (Å²) in [6.07, 6.45) is -3.08. The zero-order valence-corrected chi connectivity index (χ0v) is 14.6. The van der Waals surface area contributed by atoms with Gasteiger partial charge in [-0.2, -0.15) is 13.2 Å². The molecular weight excluding hydrogens is 387 g/mol. The third kappa shape index (κ3) is 6.40. The van der Waals surface area contributed by atoms with Crippen LogP contribution in [0, 0.1) is 11.6 Å². The Kier molecular flexibility index (Phi) is 7.60. The van der Waals surface area contributed by atoms with Gasteiger partial charge in [-0.15, -0.1) is 0 Å². The summed E-state index contributed by atoms with van der Waals surface area (Å²) in [7, 11) is 0. The topological polar surface area (TPSA) is 44.8 Å². The number of aldehydes is 1. The van der Waals surface area contributed by atoms with Crippen LogP contribution < -0.4 is 14.2 Å². The molecule has 0 bridgehead atoms. The minimum Gasteiger partial charge on any atom is -0.494 e. The predicted molar refractivity (Wildman–Crippen MR) is 89.6 cm³/mol. The first-order valence-electron chi connectivity index (χ1n) is 8.29. The number of rotatable bonds is 10. The summed E-state index contributed by atoms with van der Waals surface area (Å²) in [5.41, 5.74) is -0.764. The first-order chi connectivity index (χ1) is 13.3. The minimum absolute atomic E-state index is 0.0127. The molecule has 0 saturated heterocycles. The smallest absolute Gasteiger partial charge is 0.416 e. The van der Waals surface area contributed by atoms with Gasteiger partial charge in [-0.25, -0.2) is 8.78 Å². The molecule has 0 radical (unpaired) electrons. The largest absolute Gasteiger partial charge is 0.494 e. The normalized spacial score (nSPS) is 11.2. The highest BCUT2D eigenvalue weighted by Gasteiger charge is 2.30. The van der Waals surface area contributed by atoms with Crippen LogP contribution in [0.15, 0.2) is 36.4 Å². The lowest BCUT2D eigenvalue weighted by Gasteiger charge is -2.11. The van der Waals surface area contributed by atoms with Crippen LogP contribution in [0.1, 0.15) is 18.4 Å². The van der Waals surface area contributed by atoms with E-state index in [0.717, 1.165) is 24.3 Å². The third-order valence-corrected chi connectivity index (χ3v) is 3.53. The van der Waals surface area contributed by atoms with Crippen LogP contribution in [0.25, 0.3) is 0 Å². The Hall–Kier alpha value is -2.84. The molecule has 0 aliphatic rings. The third-order valence-electron chi connectivity index (χ3n) is 3.53. The predicted octanol–water partition coefficient (Wildman–Crippen LogP) is 4.80. The zero-order chi connectivity index (χ0) is 20.6. The van der Waals surface area contributed by atoms with E-state index in [1.807, 2.05) is 0 Å². The second-order valence-electron chi connectivity index (χ2n) is 5.62. The summed E-state index contributed by atoms with van der Waals surface area (Å²) in [6, 6.07) is 6.11. The standard InChI is InChI=1S/C19H17F5O4/c20-16-11-15(27-10-7-25)12-17(21)18(16)28-9-2-1-8-26-14-5-3-13(4-6-14)19(22,23)24/h3-7,11-12H,1-2,8-10H2. The molecule has 0 aliphatic carbocycles. The number of alkyl halides is 3. The summed E-state index contributed by atoms with van der Waals surface area (Å²) in [4.78, 5) is 10.2. The van der Waals surface area contributed by atoms with E-state index in [1.54, 1.807) is 0 Å². The van der Waals surface area contributed by atoms with Crippen LogP contribution >= 0.6 is 0 Å². The summed E-state index contributed by atoms with van der Waals surface area (Å²) in [5, 5.41) is 0. The molecule has 2 rings (SSSR count). The molecule has 9 heteroatoms. The Morgan fingerprint density at radius 2 is 1.39 bits per heavy atom. The van der Waals surface area contributed by atoms with Crippen molar-refractivity contribution in [1.29, 1.82) is 0 Å². The monoisotopic (exact) mass is 404 g/mol. The maximum atomic E-state index is 13.8. The zero-order valence-electron chi connectivity index (χ0n) is 14.6. The van der Waals surface area contributed by atoms with Crippen molar-refractivity contribution in [2.75, 3.05) is 19.8 Å². The van der Waals surface area contributed by atoms with E-state index in [9.17, 15) is 26.7 Å². The Balaban J connectivity index is 1.72. The molecule has 0 aliphatic heterocycles. The number of halogens is 5. The Morgan fingerprint density at radius 3 is 1.93 bits per heavy atom. The van der Waals surface area contributed by atoms with E-state index in [2.05, 4.69) is 0 Å². The number of benzene rings is 2. The number of unbranched alkanes of at least 4 members (excludes halogenated alkanes) is 1. The summed E-state index contributed by atoms with van der Waals surface area (Å²) in [5.74, 6) is -2.30. The molecule has 0 spiro atoms. The Morgan fingerprint density at radius 1 is 0.821 bits per heavy atom. The van der Waals surface area contributed by atoms with E-state index >= 15 is 0 Å². The van der Waals surface area contributed by atoms with Crippen LogP contribution in [0.5, 0.6) is 17.2 Å². The molecule has 0 fully saturated rings.